The van der Waals surface area contributed by atoms with Gasteiger partial charge in [-0.05, 0) is 31.2 Å². The van der Waals surface area contributed by atoms with Gasteiger partial charge in [0.2, 0.25) is 0 Å². The molecule has 2 aromatic carbocycles. The standard InChI is InChI=1S/C17H21N3O4.ClH/c1-13(21)12-19-14-7-8-17(20(22)23)16(11-14)18-9-10-24-15-5-3-2-4-6-15;/h2-8,11,13,18-19,21H,9-10,12H2,1H3;1H. The predicted molar refractivity (Wildman–Crippen MR) is 101 cm³/mol. The lowest BCUT2D eigenvalue weighted by atomic mass is 10.2. The molecule has 0 heterocycles. The Labute approximate surface area is 152 Å². The van der Waals surface area contributed by atoms with E-state index in [4.69, 9.17) is 4.74 Å². The van der Waals surface area contributed by atoms with Crippen LogP contribution in [0.3, 0.4) is 0 Å². The Morgan fingerprint density at radius 3 is 2.56 bits per heavy atom. The van der Waals surface area contributed by atoms with Crippen molar-refractivity contribution in [1.82, 2.24) is 0 Å². The zero-order valence-corrected chi connectivity index (χ0v) is 14.7. The molecule has 0 aromatic heterocycles. The number of nitrogens with zero attached hydrogens (tertiary/aromatic N) is 1. The Kier molecular flexibility index (Phi) is 8.52. The highest BCUT2D eigenvalue weighted by Crippen LogP contribution is 2.27. The monoisotopic (exact) mass is 367 g/mol. The molecule has 0 fully saturated rings. The lowest BCUT2D eigenvalue weighted by Crippen LogP contribution is -2.16. The maximum Gasteiger partial charge on any atom is 0.292 e. The summed E-state index contributed by atoms with van der Waals surface area (Å²) in [6.45, 7) is 2.84. The predicted octanol–water partition coefficient (Wildman–Crippen LogP) is 3.30. The molecule has 0 aliphatic rings. The number of benzene rings is 2. The molecule has 8 heteroatoms. The van der Waals surface area contributed by atoms with Gasteiger partial charge >= 0.3 is 0 Å². The first kappa shape index (κ1) is 20.5. The molecule has 0 saturated carbocycles. The Hall–Kier alpha value is -2.51. The van der Waals surface area contributed by atoms with Crippen molar-refractivity contribution in [3.63, 3.8) is 0 Å². The largest absolute Gasteiger partial charge is 0.492 e. The normalized spacial score (nSPS) is 11.1. The minimum absolute atomic E-state index is 0. The molecule has 0 bridgehead atoms. The van der Waals surface area contributed by atoms with Crippen molar-refractivity contribution in [2.24, 2.45) is 0 Å². The van der Waals surface area contributed by atoms with Gasteiger partial charge < -0.3 is 20.5 Å². The zero-order valence-electron chi connectivity index (χ0n) is 13.8. The molecule has 1 atom stereocenters. The second-order valence-electron chi connectivity index (χ2n) is 5.31. The molecule has 0 amide bonds. The van der Waals surface area contributed by atoms with Crippen LogP contribution in [0.4, 0.5) is 17.1 Å². The number of hydrogen-bond acceptors (Lipinski definition) is 6. The van der Waals surface area contributed by atoms with Crippen LogP contribution >= 0.6 is 12.4 Å². The van der Waals surface area contributed by atoms with Crippen LogP contribution in [0.25, 0.3) is 0 Å². The van der Waals surface area contributed by atoms with Crippen LogP contribution in [0.2, 0.25) is 0 Å². The number of nitrogens with one attached hydrogen (secondary N) is 2. The van der Waals surface area contributed by atoms with Gasteiger partial charge in [0, 0.05) is 24.8 Å². The average molecular weight is 368 g/mol. The van der Waals surface area contributed by atoms with E-state index in [1.165, 1.54) is 6.07 Å². The van der Waals surface area contributed by atoms with Crippen LogP contribution in [-0.4, -0.2) is 35.8 Å². The number of ether oxygens (including phenoxy) is 1. The third kappa shape index (κ3) is 6.86. The highest BCUT2D eigenvalue weighted by molar-refractivity contribution is 5.85. The second kappa shape index (κ2) is 10.4. The van der Waals surface area contributed by atoms with E-state index in [1.54, 1.807) is 19.1 Å². The van der Waals surface area contributed by atoms with Crippen molar-refractivity contribution in [2.75, 3.05) is 30.3 Å². The van der Waals surface area contributed by atoms with E-state index >= 15 is 0 Å². The number of nitro benzene ring substituents is 1. The maximum absolute atomic E-state index is 11.1. The Balaban J connectivity index is 0.00000312. The van der Waals surface area contributed by atoms with Crippen LogP contribution in [0, 0.1) is 10.1 Å². The van der Waals surface area contributed by atoms with E-state index < -0.39 is 11.0 Å². The van der Waals surface area contributed by atoms with Gasteiger partial charge in [-0.3, -0.25) is 10.1 Å². The van der Waals surface area contributed by atoms with Gasteiger partial charge in [0.15, 0.2) is 0 Å². The topological polar surface area (TPSA) is 96.7 Å². The van der Waals surface area contributed by atoms with E-state index in [-0.39, 0.29) is 18.1 Å². The van der Waals surface area contributed by atoms with E-state index in [2.05, 4.69) is 10.6 Å². The van der Waals surface area contributed by atoms with Crippen LogP contribution < -0.4 is 15.4 Å². The summed E-state index contributed by atoms with van der Waals surface area (Å²) >= 11 is 0. The lowest BCUT2D eigenvalue weighted by molar-refractivity contribution is -0.383. The lowest BCUT2D eigenvalue weighted by Gasteiger charge is -2.12. The SMILES string of the molecule is CC(O)CNc1ccc([N+](=O)[O-])c(NCCOc2ccccc2)c1.Cl. The number of halogens is 1. The van der Waals surface area contributed by atoms with Gasteiger partial charge in [-0.1, -0.05) is 18.2 Å². The molecule has 2 aromatic rings. The van der Waals surface area contributed by atoms with Crippen molar-refractivity contribution in [1.29, 1.82) is 0 Å². The number of nitro groups is 1. The first-order valence-corrected chi connectivity index (χ1v) is 7.68. The second-order valence-corrected chi connectivity index (χ2v) is 5.31. The Morgan fingerprint density at radius 1 is 1.20 bits per heavy atom. The molecule has 25 heavy (non-hydrogen) atoms. The minimum atomic E-state index is -0.504. The summed E-state index contributed by atoms with van der Waals surface area (Å²) in [4.78, 5) is 10.7. The Morgan fingerprint density at radius 2 is 1.92 bits per heavy atom. The molecule has 2 rings (SSSR count). The van der Waals surface area contributed by atoms with Gasteiger partial charge in [0.1, 0.15) is 18.0 Å². The molecule has 0 aliphatic carbocycles. The van der Waals surface area contributed by atoms with E-state index in [0.29, 0.717) is 31.1 Å². The summed E-state index contributed by atoms with van der Waals surface area (Å²) in [5, 5.41) is 26.5. The van der Waals surface area contributed by atoms with Gasteiger partial charge in [-0.15, -0.1) is 12.4 Å². The highest BCUT2D eigenvalue weighted by Gasteiger charge is 2.14. The van der Waals surface area contributed by atoms with Crippen LogP contribution in [0.5, 0.6) is 5.75 Å². The van der Waals surface area contributed by atoms with E-state index in [0.717, 1.165) is 5.75 Å². The molecule has 3 N–H and O–H groups in total. The molecule has 0 saturated heterocycles. The van der Waals surface area contributed by atoms with Gasteiger partial charge in [-0.25, -0.2) is 0 Å². The summed E-state index contributed by atoms with van der Waals surface area (Å²) in [7, 11) is 0. The highest BCUT2D eigenvalue weighted by atomic mass is 35.5. The zero-order chi connectivity index (χ0) is 17.4. The molecule has 0 spiro atoms. The summed E-state index contributed by atoms with van der Waals surface area (Å²) in [6, 6.07) is 14.1. The van der Waals surface area contributed by atoms with E-state index in [9.17, 15) is 15.2 Å². The van der Waals surface area contributed by atoms with Gasteiger partial charge in [-0.2, -0.15) is 0 Å². The fourth-order valence-corrected chi connectivity index (χ4v) is 2.08. The third-order valence-electron chi connectivity index (χ3n) is 3.22. The quantitative estimate of drug-likeness (QED) is 0.357. The minimum Gasteiger partial charge on any atom is -0.492 e. The number of rotatable bonds is 9. The molecular weight excluding hydrogens is 346 g/mol. The smallest absolute Gasteiger partial charge is 0.292 e. The van der Waals surface area contributed by atoms with Crippen molar-refractivity contribution in [3.05, 3.63) is 58.6 Å². The molecule has 0 aliphatic heterocycles. The number of anilines is 2. The van der Waals surface area contributed by atoms with Crippen molar-refractivity contribution in [2.45, 2.75) is 13.0 Å². The van der Waals surface area contributed by atoms with Crippen LogP contribution in [0.15, 0.2) is 48.5 Å². The van der Waals surface area contributed by atoms with Crippen molar-refractivity contribution in [3.8, 4) is 5.75 Å². The molecule has 136 valence electrons. The molecule has 1 unspecified atom stereocenters. The fraction of sp³-hybridized carbons (Fsp3) is 0.294. The molecular formula is C17H22ClN3O4. The number of aliphatic hydroxyl groups excluding tert-OH is 1. The number of aliphatic hydroxyl groups is 1. The first-order valence-electron chi connectivity index (χ1n) is 7.68. The van der Waals surface area contributed by atoms with Crippen LogP contribution in [-0.2, 0) is 0 Å². The number of hydrogen-bond donors (Lipinski definition) is 3. The van der Waals surface area contributed by atoms with Gasteiger partial charge in [0.05, 0.1) is 11.0 Å². The van der Waals surface area contributed by atoms with E-state index in [1.807, 2.05) is 30.3 Å². The molecule has 0 radical (unpaired) electrons. The summed E-state index contributed by atoms with van der Waals surface area (Å²) < 4.78 is 5.56. The molecule has 7 nitrogen and oxygen atoms in total. The Bertz CT molecular complexity index is 668. The third-order valence-corrected chi connectivity index (χ3v) is 3.22. The summed E-state index contributed by atoms with van der Waals surface area (Å²) in [5.74, 6) is 0.751. The summed E-state index contributed by atoms with van der Waals surface area (Å²) in [6.07, 6.45) is -0.504. The fourth-order valence-electron chi connectivity index (χ4n) is 2.08. The van der Waals surface area contributed by atoms with Crippen LogP contribution in [0.1, 0.15) is 6.92 Å². The van der Waals surface area contributed by atoms with Crippen molar-refractivity contribution < 1.29 is 14.8 Å². The average Bonchev–Trinajstić information content (AvgIpc) is 2.57. The van der Waals surface area contributed by atoms with Gasteiger partial charge in [0.25, 0.3) is 5.69 Å². The van der Waals surface area contributed by atoms with Crippen molar-refractivity contribution >= 4 is 29.5 Å². The number of para-hydroxylation sites is 1. The summed E-state index contributed by atoms with van der Waals surface area (Å²) in [5.41, 5.74) is 1.11. The first-order chi connectivity index (χ1) is 11.6. The maximum atomic E-state index is 11.1.